The number of carbonyl (C=O) groups excluding carboxylic acids is 1. The van der Waals surface area contributed by atoms with Gasteiger partial charge >= 0.3 is 0 Å². The summed E-state index contributed by atoms with van der Waals surface area (Å²) in [5.41, 5.74) is 1.99. The van der Waals surface area contributed by atoms with E-state index in [4.69, 9.17) is 34.8 Å². The minimum Gasteiger partial charge on any atom is -0.311 e. The van der Waals surface area contributed by atoms with E-state index in [1.54, 1.807) is 4.90 Å². The van der Waals surface area contributed by atoms with Crippen LogP contribution in [0.1, 0.15) is 12.0 Å². The number of fused-ring (bicyclic) bond motifs is 1. The molecule has 0 atom stereocenters. The molecular formula is C18H17Cl3N2O3S. The van der Waals surface area contributed by atoms with Gasteiger partial charge in [0.25, 0.3) is 0 Å². The summed E-state index contributed by atoms with van der Waals surface area (Å²) in [6.07, 6.45) is 2.72. The molecule has 0 fully saturated rings. The highest BCUT2D eigenvalue weighted by Gasteiger charge is 2.29. The first-order valence-corrected chi connectivity index (χ1v) is 11.2. The van der Waals surface area contributed by atoms with Crippen LogP contribution in [0.15, 0.2) is 36.4 Å². The molecule has 3 rings (SSSR count). The fraction of sp³-hybridized carbons (Fsp3) is 0.278. The normalized spacial score (nSPS) is 14.0. The summed E-state index contributed by atoms with van der Waals surface area (Å²) in [5, 5.41) is 0.456. The van der Waals surface area contributed by atoms with E-state index in [2.05, 4.69) is 0 Å². The fourth-order valence-corrected chi connectivity index (χ4v) is 4.63. The zero-order valence-electron chi connectivity index (χ0n) is 14.5. The van der Waals surface area contributed by atoms with Crippen molar-refractivity contribution in [2.75, 3.05) is 28.6 Å². The number of hydrogen-bond donors (Lipinski definition) is 0. The number of nitrogens with zero attached hydrogens (tertiary/aromatic N) is 2. The lowest BCUT2D eigenvalue weighted by atomic mass is 10.0. The van der Waals surface area contributed by atoms with Crippen molar-refractivity contribution in [3.8, 4) is 0 Å². The molecule has 27 heavy (non-hydrogen) atoms. The summed E-state index contributed by atoms with van der Waals surface area (Å²) < 4.78 is 25.7. The van der Waals surface area contributed by atoms with E-state index in [0.29, 0.717) is 6.54 Å². The first kappa shape index (κ1) is 20.3. The molecule has 0 aliphatic carbocycles. The summed E-state index contributed by atoms with van der Waals surface area (Å²) in [4.78, 5) is 14.6. The van der Waals surface area contributed by atoms with Gasteiger partial charge in [0.1, 0.15) is 6.54 Å². The number of aryl methyl sites for hydroxylation is 1. The third-order valence-corrected chi connectivity index (χ3v) is 6.50. The lowest BCUT2D eigenvalue weighted by Crippen LogP contribution is -2.44. The summed E-state index contributed by atoms with van der Waals surface area (Å²) in [6, 6.07) is 10.3. The smallest absolute Gasteiger partial charge is 0.247 e. The summed E-state index contributed by atoms with van der Waals surface area (Å²) in [5.74, 6) is -0.338. The molecule has 0 saturated carbocycles. The van der Waals surface area contributed by atoms with Crippen molar-refractivity contribution in [3.05, 3.63) is 57.0 Å². The lowest BCUT2D eigenvalue weighted by molar-refractivity contribution is -0.117. The highest BCUT2D eigenvalue weighted by Crippen LogP contribution is 2.36. The van der Waals surface area contributed by atoms with Gasteiger partial charge in [0, 0.05) is 12.2 Å². The number of anilines is 2. The summed E-state index contributed by atoms with van der Waals surface area (Å²) >= 11 is 18.1. The van der Waals surface area contributed by atoms with Crippen LogP contribution in [-0.4, -0.2) is 33.7 Å². The third kappa shape index (κ3) is 4.35. The number of para-hydroxylation sites is 1. The Hall–Kier alpha value is -1.47. The van der Waals surface area contributed by atoms with Gasteiger partial charge in [-0.2, -0.15) is 0 Å². The molecule has 0 aromatic heterocycles. The van der Waals surface area contributed by atoms with E-state index in [1.165, 1.54) is 12.1 Å². The van der Waals surface area contributed by atoms with Gasteiger partial charge in [-0.3, -0.25) is 9.10 Å². The van der Waals surface area contributed by atoms with Gasteiger partial charge in [-0.25, -0.2) is 8.42 Å². The van der Waals surface area contributed by atoms with E-state index in [1.807, 2.05) is 24.3 Å². The van der Waals surface area contributed by atoms with E-state index >= 15 is 0 Å². The third-order valence-electron chi connectivity index (χ3n) is 4.35. The van der Waals surface area contributed by atoms with Gasteiger partial charge in [-0.1, -0.05) is 53.0 Å². The molecule has 1 heterocycles. The molecule has 0 bridgehead atoms. The lowest BCUT2D eigenvalue weighted by Gasteiger charge is -2.32. The van der Waals surface area contributed by atoms with Gasteiger partial charge in [0.15, 0.2) is 0 Å². The van der Waals surface area contributed by atoms with Crippen LogP contribution in [0, 0.1) is 0 Å². The monoisotopic (exact) mass is 446 g/mol. The Balaban J connectivity index is 1.96. The van der Waals surface area contributed by atoms with E-state index < -0.39 is 10.0 Å². The Labute approximate surface area is 173 Å². The second-order valence-electron chi connectivity index (χ2n) is 6.27. The quantitative estimate of drug-likeness (QED) is 0.653. The van der Waals surface area contributed by atoms with Crippen molar-refractivity contribution in [2.45, 2.75) is 12.8 Å². The molecule has 0 N–H and O–H groups in total. The molecule has 9 heteroatoms. The predicted molar refractivity (Wildman–Crippen MR) is 111 cm³/mol. The highest BCUT2D eigenvalue weighted by molar-refractivity contribution is 7.92. The van der Waals surface area contributed by atoms with Gasteiger partial charge in [-0.05, 0) is 36.6 Å². The standard InChI is InChI=1S/C18H17Cl3N2O3S/c1-27(25,26)23(17-10-14(20)13(19)9-15(17)21)11-18(24)22-8-4-6-12-5-2-3-7-16(12)22/h2-3,5,7,9-10H,4,6,8,11H2,1H3. The van der Waals surface area contributed by atoms with Gasteiger partial charge < -0.3 is 4.90 Å². The number of halogens is 3. The maximum Gasteiger partial charge on any atom is 0.247 e. The maximum atomic E-state index is 13.0. The van der Waals surface area contributed by atoms with Gasteiger partial charge in [0.2, 0.25) is 15.9 Å². The second kappa shape index (κ2) is 7.87. The molecule has 0 unspecified atom stereocenters. The fourth-order valence-electron chi connectivity index (χ4n) is 3.09. The SMILES string of the molecule is CS(=O)(=O)N(CC(=O)N1CCCc2ccccc21)c1cc(Cl)c(Cl)cc1Cl. The average Bonchev–Trinajstić information content (AvgIpc) is 2.61. The summed E-state index contributed by atoms with van der Waals surface area (Å²) in [7, 11) is -3.78. The molecule has 5 nitrogen and oxygen atoms in total. The summed E-state index contributed by atoms with van der Waals surface area (Å²) in [6.45, 7) is 0.146. The van der Waals surface area contributed by atoms with Crippen LogP contribution in [0.4, 0.5) is 11.4 Å². The Morgan fingerprint density at radius 1 is 1.11 bits per heavy atom. The molecule has 2 aromatic carbocycles. The van der Waals surface area contributed by atoms with Crippen LogP contribution < -0.4 is 9.21 Å². The highest BCUT2D eigenvalue weighted by atomic mass is 35.5. The molecule has 144 valence electrons. The van der Waals surface area contributed by atoms with Crippen molar-refractivity contribution in [2.24, 2.45) is 0 Å². The molecule has 0 spiro atoms. The van der Waals surface area contributed by atoms with Crippen LogP contribution >= 0.6 is 34.8 Å². The van der Waals surface area contributed by atoms with Crippen molar-refractivity contribution in [1.82, 2.24) is 0 Å². The molecule has 0 radical (unpaired) electrons. The maximum absolute atomic E-state index is 13.0. The van der Waals surface area contributed by atoms with Gasteiger partial charge in [0.05, 0.1) is 27.0 Å². The predicted octanol–water partition coefficient (Wildman–Crippen LogP) is 4.39. The van der Waals surface area contributed by atoms with E-state index in [0.717, 1.165) is 34.7 Å². The second-order valence-corrected chi connectivity index (χ2v) is 9.39. The minimum atomic E-state index is -3.78. The van der Waals surface area contributed by atoms with Crippen LogP contribution in [-0.2, 0) is 21.2 Å². The van der Waals surface area contributed by atoms with Crippen molar-refractivity contribution >= 4 is 62.1 Å². The minimum absolute atomic E-state index is 0.0988. The van der Waals surface area contributed by atoms with E-state index in [9.17, 15) is 13.2 Å². The first-order valence-electron chi connectivity index (χ1n) is 8.19. The molecular weight excluding hydrogens is 431 g/mol. The Morgan fingerprint density at radius 2 is 1.78 bits per heavy atom. The molecule has 1 aliphatic rings. The molecule has 0 saturated heterocycles. The Kier molecular flexibility index (Phi) is 5.91. The number of carbonyl (C=O) groups is 1. The van der Waals surface area contributed by atoms with Crippen LogP contribution in [0.3, 0.4) is 0 Å². The number of benzene rings is 2. The average molecular weight is 448 g/mol. The zero-order valence-corrected chi connectivity index (χ0v) is 17.5. The van der Waals surface area contributed by atoms with Crippen molar-refractivity contribution in [1.29, 1.82) is 0 Å². The molecule has 2 aromatic rings. The van der Waals surface area contributed by atoms with Crippen molar-refractivity contribution in [3.63, 3.8) is 0 Å². The first-order chi connectivity index (χ1) is 12.7. The zero-order chi connectivity index (χ0) is 19.8. The Morgan fingerprint density at radius 3 is 2.48 bits per heavy atom. The number of rotatable bonds is 4. The molecule has 1 aliphatic heterocycles. The van der Waals surface area contributed by atoms with Crippen LogP contribution in [0.5, 0.6) is 0 Å². The Bertz CT molecular complexity index is 995. The topological polar surface area (TPSA) is 57.7 Å². The number of hydrogen-bond acceptors (Lipinski definition) is 3. The van der Waals surface area contributed by atoms with Crippen molar-refractivity contribution < 1.29 is 13.2 Å². The number of amides is 1. The largest absolute Gasteiger partial charge is 0.311 e. The van der Waals surface area contributed by atoms with Crippen LogP contribution in [0.25, 0.3) is 0 Å². The number of sulfonamides is 1. The van der Waals surface area contributed by atoms with Gasteiger partial charge in [-0.15, -0.1) is 0 Å². The van der Waals surface area contributed by atoms with E-state index in [-0.39, 0.29) is 33.2 Å². The molecule has 1 amide bonds. The van der Waals surface area contributed by atoms with Crippen LogP contribution in [0.2, 0.25) is 15.1 Å².